The Balaban J connectivity index is 1.59. The first-order valence-electron chi connectivity index (χ1n) is 10.3. The Morgan fingerprint density at radius 3 is 1.79 bits per heavy atom. The van der Waals surface area contributed by atoms with Crippen LogP contribution in [0.25, 0.3) is 0 Å². The zero-order valence-corrected chi connectivity index (χ0v) is 19.8. The molecule has 176 valence electrons. The number of hydrogen-bond acceptors (Lipinski definition) is 7. The third kappa shape index (κ3) is 5.34. The number of hydrogen-bond donors (Lipinski definition) is 1. The zero-order valence-electron chi connectivity index (χ0n) is 19.1. The fourth-order valence-electron chi connectivity index (χ4n) is 3.55. The molecule has 0 bridgehead atoms. The van der Waals surface area contributed by atoms with E-state index in [9.17, 15) is 9.59 Å². The summed E-state index contributed by atoms with van der Waals surface area (Å²) in [5, 5.41) is 2.92. The van der Waals surface area contributed by atoms with Crippen LogP contribution in [-0.2, 0) is 22.4 Å². The van der Waals surface area contributed by atoms with Crippen molar-refractivity contribution in [3.05, 3.63) is 58.3 Å². The van der Waals surface area contributed by atoms with Crippen LogP contribution in [0.1, 0.15) is 11.1 Å². The van der Waals surface area contributed by atoms with Crippen LogP contribution in [0.3, 0.4) is 0 Å². The average Bonchev–Trinajstić information content (AvgIpc) is 3.04. The van der Waals surface area contributed by atoms with E-state index in [2.05, 4.69) is 5.32 Å². The summed E-state index contributed by atoms with van der Waals surface area (Å²) < 4.78 is 21.1. The summed E-state index contributed by atoms with van der Waals surface area (Å²) in [5.41, 5.74) is 2.01. The molecule has 0 saturated carbocycles. The molecule has 0 atom stereocenters. The summed E-state index contributed by atoms with van der Waals surface area (Å²) in [6.07, 6.45) is 1.06. The average molecular weight is 475 g/mol. The molecule has 33 heavy (non-hydrogen) atoms. The molecule has 0 aliphatic carbocycles. The van der Waals surface area contributed by atoms with E-state index in [4.69, 9.17) is 30.5 Å². The molecule has 3 rings (SSSR count). The Labute approximate surface area is 198 Å². The fraction of sp³-hybridized carbons (Fsp3) is 0.333. The van der Waals surface area contributed by atoms with Crippen LogP contribution in [0, 0.1) is 0 Å². The van der Waals surface area contributed by atoms with Gasteiger partial charge in [0.1, 0.15) is 10.7 Å². The molecule has 0 unspecified atom stereocenters. The van der Waals surface area contributed by atoms with E-state index in [1.54, 1.807) is 34.5 Å². The molecular formula is C24H27ClN2O6. The Kier molecular flexibility index (Phi) is 8.06. The summed E-state index contributed by atoms with van der Waals surface area (Å²) in [4.78, 5) is 26.5. The van der Waals surface area contributed by atoms with Gasteiger partial charge in [-0.2, -0.15) is 0 Å². The third-order valence-corrected chi connectivity index (χ3v) is 5.70. The van der Waals surface area contributed by atoms with Gasteiger partial charge in [0.15, 0.2) is 23.0 Å². The van der Waals surface area contributed by atoms with Gasteiger partial charge in [-0.1, -0.05) is 23.7 Å². The highest BCUT2D eigenvalue weighted by molar-refractivity contribution is 6.47. The molecule has 2 aromatic carbocycles. The molecule has 1 aliphatic heterocycles. The number of rotatable bonds is 11. The molecule has 1 N–H and O–H groups in total. The summed E-state index contributed by atoms with van der Waals surface area (Å²) >= 11 is 6.19. The van der Waals surface area contributed by atoms with E-state index >= 15 is 0 Å². The lowest BCUT2D eigenvalue weighted by Gasteiger charge is -2.16. The van der Waals surface area contributed by atoms with Gasteiger partial charge in [0, 0.05) is 13.1 Å². The molecule has 0 aromatic heterocycles. The van der Waals surface area contributed by atoms with Gasteiger partial charge in [-0.3, -0.25) is 14.5 Å². The minimum atomic E-state index is -0.504. The van der Waals surface area contributed by atoms with E-state index < -0.39 is 11.8 Å². The molecule has 0 spiro atoms. The highest BCUT2D eigenvalue weighted by atomic mass is 35.5. The van der Waals surface area contributed by atoms with Crippen LogP contribution in [0.4, 0.5) is 0 Å². The van der Waals surface area contributed by atoms with Gasteiger partial charge >= 0.3 is 0 Å². The SMILES string of the molecule is COc1ccc(CCNC2=C(Cl)C(=O)N(CCc3ccc(OC)c(OC)c3)C2=O)cc1OC. The topological polar surface area (TPSA) is 86.3 Å². The zero-order chi connectivity index (χ0) is 24.0. The van der Waals surface area contributed by atoms with Crippen molar-refractivity contribution >= 4 is 23.4 Å². The van der Waals surface area contributed by atoms with Gasteiger partial charge < -0.3 is 24.3 Å². The number of carbonyl (C=O) groups is 2. The standard InChI is InChI=1S/C24H27ClN2O6/c1-30-17-7-5-15(13-19(17)32-3)9-11-26-22-21(25)23(28)27(24(22)29)12-10-16-6-8-18(31-2)20(14-16)33-4/h5-8,13-14,26H,9-12H2,1-4H3. The van der Waals surface area contributed by atoms with Gasteiger partial charge in [-0.15, -0.1) is 0 Å². The van der Waals surface area contributed by atoms with E-state index in [1.807, 2.05) is 30.3 Å². The number of benzene rings is 2. The van der Waals surface area contributed by atoms with E-state index in [1.165, 1.54) is 0 Å². The van der Waals surface area contributed by atoms with Crippen molar-refractivity contribution in [1.29, 1.82) is 0 Å². The highest BCUT2D eigenvalue weighted by Crippen LogP contribution is 2.29. The lowest BCUT2D eigenvalue weighted by atomic mass is 10.1. The summed E-state index contributed by atoms with van der Waals surface area (Å²) in [6, 6.07) is 11.1. The highest BCUT2D eigenvalue weighted by Gasteiger charge is 2.37. The molecule has 0 fully saturated rings. The molecule has 9 heteroatoms. The van der Waals surface area contributed by atoms with Crippen molar-refractivity contribution in [3.63, 3.8) is 0 Å². The number of halogens is 1. The number of nitrogens with one attached hydrogen (secondary N) is 1. The quantitative estimate of drug-likeness (QED) is 0.501. The number of imide groups is 1. The second-order valence-electron chi connectivity index (χ2n) is 7.26. The van der Waals surface area contributed by atoms with Crippen molar-refractivity contribution < 1.29 is 28.5 Å². The molecule has 1 heterocycles. The van der Waals surface area contributed by atoms with Crippen LogP contribution in [-0.4, -0.2) is 58.2 Å². The lowest BCUT2D eigenvalue weighted by molar-refractivity contribution is -0.137. The maximum absolute atomic E-state index is 12.8. The predicted molar refractivity (Wildman–Crippen MR) is 124 cm³/mol. The first-order valence-corrected chi connectivity index (χ1v) is 10.7. The number of amides is 2. The Morgan fingerprint density at radius 2 is 1.27 bits per heavy atom. The van der Waals surface area contributed by atoms with Crippen molar-refractivity contribution in [1.82, 2.24) is 10.2 Å². The molecule has 2 amide bonds. The van der Waals surface area contributed by atoms with Gasteiger partial charge in [0.25, 0.3) is 11.8 Å². The largest absolute Gasteiger partial charge is 0.493 e. The van der Waals surface area contributed by atoms with Crippen molar-refractivity contribution in [3.8, 4) is 23.0 Å². The van der Waals surface area contributed by atoms with Crippen LogP contribution in [0.2, 0.25) is 0 Å². The van der Waals surface area contributed by atoms with Gasteiger partial charge in [-0.25, -0.2) is 0 Å². The van der Waals surface area contributed by atoms with Crippen LogP contribution >= 0.6 is 11.6 Å². The van der Waals surface area contributed by atoms with E-state index in [0.29, 0.717) is 42.4 Å². The fourth-order valence-corrected chi connectivity index (χ4v) is 3.80. The molecular weight excluding hydrogens is 448 g/mol. The molecule has 8 nitrogen and oxygen atoms in total. The number of carbonyl (C=O) groups excluding carboxylic acids is 2. The number of ether oxygens (including phenoxy) is 4. The van der Waals surface area contributed by atoms with Crippen molar-refractivity contribution in [2.45, 2.75) is 12.8 Å². The molecule has 2 aromatic rings. The number of methoxy groups -OCH3 is 4. The van der Waals surface area contributed by atoms with Crippen LogP contribution in [0.15, 0.2) is 47.1 Å². The first-order chi connectivity index (χ1) is 15.9. The van der Waals surface area contributed by atoms with Crippen LogP contribution < -0.4 is 24.3 Å². The molecule has 1 aliphatic rings. The van der Waals surface area contributed by atoms with E-state index in [-0.39, 0.29) is 17.3 Å². The second-order valence-corrected chi connectivity index (χ2v) is 7.63. The first kappa shape index (κ1) is 24.3. The molecule has 0 saturated heterocycles. The number of nitrogens with zero attached hydrogens (tertiary/aromatic N) is 1. The summed E-state index contributed by atoms with van der Waals surface area (Å²) in [7, 11) is 6.27. The Bertz CT molecular complexity index is 1070. The smallest absolute Gasteiger partial charge is 0.278 e. The summed E-state index contributed by atoms with van der Waals surface area (Å²) in [6.45, 7) is 0.619. The third-order valence-electron chi connectivity index (χ3n) is 5.35. The minimum absolute atomic E-state index is 0.0976. The lowest BCUT2D eigenvalue weighted by Crippen LogP contribution is -2.35. The summed E-state index contributed by atoms with van der Waals surface area (Å²) in [5.74, 6) is 1.53. The second kappa shape index (κ2) is 11.0. The van der Waals surface area contributed by atoms with Gasteiger partial charge in [0.05, 0.1) is 28.4 Å². The Hall–Kier alpha value is -3.39. The Morgan fingerprint density at radius 1 is 0.758 bits per heavy atom. The van der Waals surface area contributed by atoms with E-state index in [0.717, 1.165) is 16.0 Å². The maximum Gasteiger partial charge on any atom is 0.278 e. The maximum atomic E-state index is 12.8. The monoisotopic (exact) mass is 474 g/mol. The van der Waals surface area contributed by atoms with Gasteiger partial charge in [-0.05, 0) is 48.2 Å². The predicted octanol–water partition coefficient (Wildman–Crippen LogP) is 2.92. The minimum Gasteiger partial charge on any atom is -0.493 e. The van der Waals surface area contributed by atoms with Crippen molar-refractivity contribution in [2.75, 3.05) is 41.5 Å². The van der Waals surface area contributed by atoms with Crippen molar-refractivity contribution in [2.24, 2.45) is 0 Å². The normalized spacial score (nSPS) is 13.4. The van der Waals surface area contributed by atoms with Gasteiger partial charge in [0.2, 0.25) is 0 Å². The molecule has 0 radical (unpaired) electrons. The van der Waals surface area contributed by atoms with Crippen LogP contribution in [0.5, 0.6) is 23.0 Å².